The zero-order valence-electron chi connectivity index (χ0n) is 14.1. The number of carbonyl (C=O) groups excluding carboxylic acids is 2. The molecule has 0 saturated carbocycles. The molecule has 0 radical (unpaired) electrons. The van der Waals surface area contributed by atoms with Crippen LogP contribution in [0.5, 0.6) is 0 Å². The number of benzene rings is 3. The maximum Gasteiger partial charge on any atom is 0.271 e. The number of carbonyl (C=O) groups is 2. The van der Waals surface area contributed by atoms with Crippen molar-refractivity contribution in [2.45, 2.75) is 6.42 Å². The van der Waals surface area contributed by atoms with Gasteiger partial charge in [-0.05, 0) is 17.7 Å². The summed E-state index contributed by atoms with van der Waals surface area (Å²) < 4.78 is 0. The fourth-order valence-corrected chi connectivity index (χ4v) is 2.49. The maximum atomic E-state index is 12.5. The minimum Gasteiger partial charge on any atom is -0.294 e. The van der Waals surface area contributed by atoms with Crippen LogP contribution in [-0.2, 0) is 0 Å². The summed E-state index contributed by atoms with van der Waals surface area (Å²) in [5.74, 6) is -0.367. The quantitative estimate of drug-likeness (QED) is 0.417. The number of hydrazone groups is 1. The van der Waals surface area contributed by atoms with E-state index in [2.05, 4.69) is 10.5 Å². The Kier molecular flexibility index (Phi) is 5.68. The molecule has 4 heteroatoms. The van der Waals surface area contributed by atoms with Crippen molar-refractivity contribution >= 4 is 17.4 Å². The van der Waals surface area contributed by atoms with E-state index in [0.717, 1.165) is 5.56 Å². The fraction of sp³-hybridized carbons (Fsp3) is 0.0455. The summed E-state index contributed by atoms with van der Waals surface area (Å²) in [6, 6.07) is 27.3. The van der Waals surface area contributed by atoms with Gasteiger partial charge in [0.2, 0.25) is 0 Å². The third kappa shape index (κ3) is 4.51. The molecule has 1 N–H and O–H groups in total. The second-order valence-electron chi connectivity index (χ2n) is 5.70. The minimum absolute atomic E-state index is 0.0536. The maximum absolute atomic E-state index is 12.5. The smallest absolute Gasteiger partial charge is 0.271 e. The largest absolute Gasteiger partial charge is 0.294 e. The van der Waals surface area contributed by atoms with Gasteiger partial charge in [0.15, 0.2) is 5.78 Å². The molecule has 0 bridgehead atoms. The molecule has 0 atom stereocenters. The molecule has 0 aromatic heterocycles. The molecule has 128 valence electrons. The predicted octanol–water partition coefficient (Wildman–Crippen LogP) is 4.09. The van der Waals surface area contributed by atoms with Gasteiger partial charge in [-0.2, -0.15) is 5.10 Å². The fourth-order valence-electron chi connectivity index (χ4n) is 2.49. The number of nitrogens with zero attached hydrogens (tertiary/aromatic N) is 1. The molecule has 3 rings (SSSR count). The first-order chi connectivity index (χ1) is 12.7. The van der Waals surface area contributed by atoms with Crippen LogP contribution in [0.2, 0.25) is 0 Å². The van der Waals surface area contributed by atoms with Crippen LogP contribution >= 0.6 is 0 Å². The number of rotatable bonds is 6. The lowest BCUT2D eigenvalue weighted by Crippen LogP contribution is -2.21. The van der Waals surface area contributed by atoms with Crippen LogP contribution in [0.15, 0.2) is 96.1 Å². The molecule has 3 aromatic rings. The molecule has 0 heterocycles. The summed E-state index contributed by atoms with van der Waals surface area (Å²) in [6.45, 7) is 0. The standard InChI is InChI=1S/C22H18N2O2/c25-21(18-12-6-2-7-13-18)16-20(17-10-4-1-5-11-17)23-24-22(26)19-14-8-3-9-15-19/h1-15H,16H2,(H,24,26). The third-order valence-electron chi connectivity index (χ3n) is 3.86. The van der Waals surface area contributed by atoms with Crippen molar-refractivity contribution in [3.8, 4) is 0 Å². The van der Waals surface area contributed by atoms with Crippen molar-refractivity contribution < 1.29 is 9.59 Å². The van der Waals surface area contributed by atoms with Gasteiger partial charge in [-0.3, -0.25) is 9.59 Å². The topological polar surface area (TPSA) is 58.5 Å². The molecule has 0 fully saturated rings. The van der Waals surface area contributed by atoms with Crippen molar-refractivity contribution in [1.29, 1.82) is 0 Å². The van der Waals surface area contributed by atoms with E-state index in [1.165, 1.54) is 0 Å². The van der Waals surface area contributed by atoms with Crippen LogP contribution in [0.1, 0.15) is 32.7 Å². The number of amides is 1. The van der Waals surface area contributed by atoms with Crippen molar-refractivity contribution in [2.75, 3.05) is 0 Å². The highest BCUT2D eigenvalue weighted by molar-refractivity contribution is 6.16. The van der Waals surface area contributed by atoms with E-state index in [4.69, 9.17) is 0 Å². The summed E-state index contributed by atoms with van der Waals surface area (Å²) >= 11 is 0. The summed E-state index contributed by atoms with van der Waals surface area (Å²) in [7, 11) is 0. The van der Waals surface area contributed by atoms with E-state index in [0.29, 0.717) is 16.8 Å². The Morgan fingerprint density at radius 3 is 1.65 bits per heavy atom. The lowest BCUT2D eigenvalue weighted by Gasteiger charge is -2.08. The van der Waals surface area contributed by atoms with Crippen LogP contribution in [0.25, 0.3) is 0 Å². The van der Waals surface area contributed by atoms with Gasteiger partial charge >= 0.3 is 0 Å². The molecule has 3 aromatic carbocycles. The van der Waals surface area contributed by atoms with Crippen LogP contribution in [-0.4, -0.2) is 17.4 Å². The number of hydrogen-bond donors (Lipinski definition) is 1. The van der Waals surface area contributed by atoms with Crippen molar-refractivity contribution in [1.82, 2.24) is 5.43 Å². The highest BCUT2D eigenvalue weighted by Crippen LogP contribution is 2.10. The minimum atomic E-state index is -0.314. The van der Waals surface area contributed by atoms with Gasteiger partial charge in [0, 0.05) is 11.1 Å². The zero-order chi connectivity index (χ0) is 18.2. The Morgan fingerprint density at radius 2 is 1.12 bits per heavy atom. The van der Waals surface area contributed by atoms with E-state index in [-0.39, 0.29) is 18.1 Å². The second-order valence-corrected chi connectivity index (χ2v) is 5.70. The number of hydrogen-bond acceptors (Lipinski definition) is 3. The first-order valence-electron chi connectivity index (χ1n) is 8.29. The number of Topliss-reactive ketones (excluding diaryl/α,β-unsaturated/α-hetero) is 1. The van der Waals surface area contributed by atoms with Gasteiger partial charge in [-0.15, -0.1) is 0 Å². The SMILES string of the molecule is O=C(CC(=NNC(=O)c1ccccc1)c1ccccc1)c1ccccc1. The molecule has 4 nitrogen and oxygen atoms in total. The van der Waals surface area contributed by atoms with Crippen molar-refractivity contribution in [2.24, 2.45) is 5.10 Å². The number of nitrogens with one attached hydrogen (secondary N) is 1. The molecular formula is C22H18N2O2. The summed E-state index contributed by atoms with van der Waals surface area (Å²) in [4.78, 5) is 24.8. The molecule has 0 aliphatic carbocycles. The molecule has 1 amide bonds. The van der Waals surface area contributed by atoms with Crippen molar-refractivity contribution in [3.05, 3.63) is 108 Å². The van der Waals surface area contributed by atoms with Gasteiger partial charge in [-0.1, -0.05) is 78.9 Å². The lowest BCUT2D eigenvalue weighted by molar-refractivity contribution is 0.0951. The first-order valence-corrected chi connectivity index (χ1v) is 8.29. The lowest BCUT2D eigenvalue weighted by atomic mass is 10.0. The van der Waals surface area contributed by atoms with Crippen LogP contribution in [0.4, 0.5) is 0 Å². The van der Waals surface area contributed by atoms with Gasteiger partial charge < -0.3 is 0 Å². The summed E-state index contributed by atoms with van der Waals surface area (Å²) in [5, 5.41) is 4.23. The summed E-state index contributed by atoms with van der Waals surface area (Å²) in [5.41, 5.74) is 4.99. The van der Waals surface area contributed by atoms with E-state index in [1.54, 1.807) is 36.4 Å². The van der Waals surface area contributed by atoms with Gasteiger partial charge in [0.05, 0.1) is 12.1 Å². The second kappa shape index (κ2) is 8.53. The molecule has 26 heavy (non-hydrogen) atoms. The normalized spacial score (nSPS) is 11.0. The third-order valence-corrected chi connectivity index (χ3v) is 3.86. The molecular weight excluding hydrogens is 324 g/mol. The van der Waals surface area contributed by atoms with Gasteiger partial charge in [0.25, 0.3) is 5.91 Å². The van der Waals surface area contributed by atoms with Crippen LogP contribution in [0.3, 0.4) is 0 Å². The van der Waals surface area contributed by atoms with Crippen molar-refractivity contribution in [3.63, 3.8) is 0 Å². The Morgan fingerprint density at radius 1 is 0.654 bits per heavy atom. The average Bonchev–Trinajstić information content (AvgIpc) is 2.72. The molecule has 0 spiro atoms. The molecule has 0 unspecified atom stereocenters. The zero-order valence-corrected chi connectivity index (χ0v) is 14.1. The summed E-state index contributed by atoms with van der Waals surface area (Å²) in [6.07, 6.45) is 0.100. The van der Waals surface area contributed by atoms with Crippen LogP contribution in [0, 0.1) is 0 Å². The van der Waals surface area contributed by atoms with E-state index >= 15 is 0 Å². The number of ketones is 1. The molecule has 0 saturated heterocycles. The average molecular weight is 342 g/mol. The van der Waals surface area contributed by atoms with Gasteiger partial charge in [-0.25, -0.2) is 5.43 Å². The Labute approximate surface area is 152 Å². The highest BCUT2D eigenvalue weighted by atomic mass is 16.2. The van der Waals surface area contributed by atoms with E-state index in [1.807, 2.05) is 54.6 Å². The Hall–Kier alpha value is -3.53. The monoisotopic (exact) mass is 342 g/mol. The molecule has 0 aliphatic rings. The highest BCUT2D eigenvalue weighted by Gasteiger charge is 2.13. The Bertz CT molecular complexity index is 905. The van der Waals surface area contributed by atoms with Gasteiger partial charge in [0.1, 0.15) is 0 Å². The van der Waals surface area contributed by atoms with Crippen LogP contribution < -0.4 is 5.43 Å². The van der Waals surface area contributed by atoms with E-state index < -0.39 is 0 Å². The first kappa shape index (κ1) is 17.3. The molecule has 0 aliphatic heterocycles. The van der Waals surface area contributed by atoms with E-state index in [9.17, 15) is 9.59 Å². The predicted molar refractivity (Wildman–Crippen MR) is 102 cm³/mol. The Balaban J connectivity index is 1.82.